The van der Waals surface area contributed by atoms with Crippen LogP contribution in [0.3, 0.4) is 0 Å². The highest BCUT2D eigenvalue weighted by molar-refractivity contribution is 6.31. The lowest BCUT2D eigenvalue weighted by Crippen LogP contribution is -2.31. The molecule has 1 aliphatic carbocycles. The van der Waals surface area contributed by atoms with Gasteiger partial charge in [-0.25, -0.2) is 14.3 Å². The van der Waals surface area contributed by atoms with E-state index >= 15 is 0 Å². The standard InChI is InChI=1S/C34H28ClN5O5/c1-19-22-13-14-27(24(22)12-11-23(19)34(44)45)39-33(43)29-16-28(32(42)36-17-20-7-3-2-4-8-20)38-31-25(18-37-40(29)31)30(41)15-21-9-5-6-10-26(21)35/h2-12,16,18,27H,13-15,17H2,1H3,(H,36,42)(H,39,43)(H,44,45)/t27-/m0/s1. The van der Waals surface area contributed by atoms with Crippen molar-refractivity contribution in [2.45, 2.75) is 38.8 Å². The van der Waals surface area contributed by atoms with E-state index in [2.05, 4.69) is 20.7 Å². The molecule has 1 atom stereocenters. The lowest BCUT2D eigenvalue weighted by atomic mass is 9.98. The number of carboxylic acid groups (broad SMARTS) is 1. The van der Waals surface area contributed by atoms with Crippen molar-refractivity contribution in [3.63, 3.8) is 0 Å². The van der Waals surface area contributed by atoms with Crippen LogP contribution >= 0.6 is 11.6 Å². The molecule has 1 aliphatic rings. The highest BCUT2D eigenvalue weighted by Crippen LogP contribution is 2.35. The molecule has 0 saturated carbocycles. The molecular weight excluding hydrogens is 594 g/mol. The van der Waals surface area contributed by atoms with Crippen LogP contribution in [-0.4, -0.2) is 43.3 Å². The smallest absolute Gasteiger partial charge is 0.335 e. The Balaban J connectivity index is 1.35. The van der Waals surface area contributed by atoms with Gasteiger partial charge in [0.15, 0.2) is 11.4 Å². The first-order valence-corrected chi connectivity index (χ1v) is 14.7. The number of halogens is 1. The average molecular weight is 622 g/mol. The fraction of sp³-hybridized carbons (Fsp3) is 0.176. The van der Waals surface area contributed by atoms with Crippen LogP contribution in [0.2, 0.25) is 5.02 Å². The Morgan fingerprint density at radius 1 is 0.978 bits per heavy atom. The summed E-state index contributed by atoms with van der Waals surface area (Å²) in [5.74, 6) is -2.37. The molecule has 2 amide bonds. The minimum atomic E-state index is -1.00. The fourth-order valence-corrected chi connectivity index (χ4v) is 5.91. The van der Waals surface area contributed by atoms with Crippen LogP contribution in [0.4, 0.5) is 0 Å². The van der Waals surface area contributed by atoms with Crippen molar-refractivity contribution in [2.24, 2.45) is 0 Å². The third-order valence-electron chi connectivity index (χ3n) is 8.07. The van der Waals surface area contributed by atoms with E-state index < -0.39 is 17.8 Å². The first-order valence-electron chi connectivity index (χ1n) is 14.3. The zero-order chi connectivity index (χ0) is 31.7. The van der Waals surface area contributed by atoms with Crippen LogP contribution in [0.1, 0.15) is 82.0 Å². The summed E-state index contributed by atoms with van der Waals surface area (Å²) in [5.41, 5.74) is 4.33. The predicted molar refractivity (Wildman–Crippen MR) is 167 cm³/mol. The van der Waals surface area contributed by atoms with Crippen molar-refractivity contribution in [1.82, 2.24) is 25.2 Å². The average Bonchev–Trinajstić information content (AvgIpc) is 3.66. The summed E-state index contributed by atoms with van der Waals surface area (Å²) in [6.07, 6.45) is 2.50. The van der Waals surface area contributed by atoms with Gasteiger partial charge in [0.2, 0.25) is 0 Å². The number of nitrogens with zero attached hydrogens (tertiary/aromatic N) is 3. The van der Waals surface area contributed by atoms with Gasteiger partial charge >= 0.3 is 5.97 Å². The number of hydrogen-bond acceptors (Lipinski definition) is 6. The second-order valence-electron chi connectivity index (χ2n) is 10.9. The van der Waals surface area contributed by atoms with Gasteiger partial charge in [-0.1, -0.05) is 66.2 Å². The van der Waals surface area contributed by atoms with Gasteiger partial charge in [0.1, 0.15) is 11.4 Å². The third-order valence-corrected chi connectivity index (χ3v) is 8.44. The zero-order valence-corrected chi connectivity index (χ0v) is 25.0. The number of fused-ring (bicyclic) bond motifs is 2. The number of aromatic nitrogens is 3. The SMILES string of the molecule is Cc1c(C(=O)O)ccc2c1CC[C@@H]2NC(=O)c1cc(C(=O)NCc2ccccc2)nc2c(C(=O)Cc3ccccc3Cl)cnn12. The van der Waals surface area contributed by atoms with Gasteiger partial charge in [-0.2, -0.15) is 5.10 Å². The Morgan fingerprint density at radius 2 is 1.73 bits per heavy atom. The van der Waals surface area contributed by atoms with E-state index in [1.165, 1.54) is 16.8 Å². The van der Waals surface area contributed by atoms with Crippen molar-refractivity contribution in [1.29, 1.82) is 0 Å². The molecule has 226 valence electrons. The minimum absolute atomic E-state index is 0.0222. The Morgan fingerprint density at radius 3 is 2.49 bits per heavy atom. The highest BCUT2D eigenvalue weighted by atomic mass is 35.5. The number of rotatable bonds is 9. The fourth-order valence-electron chi connectivity index (χ4n) is 5.71. The quantitative estimate of drug-likeness (QED) is 0.193. The molecule has 45 heavy (non-hydrogen) atoms. The number of carbonyl (C=O) groups is 4. The molecule has 3 aromatic carbocycles. The molecule has 0 fully saturated rings. The summed E-state index contributed by atoms with van der Waals surface area (Å²) in [6, 6.07) is 20.6. The van der Waals surface area contributed by atoms with E-state index in [1.54, 1.807) is 43.3 Å². The Labute approximate surface area is 263 Å². The van der Waals surface area contributed by atoms with E-state index in [0.717, 1.165) is 16.7 Å². The molecule has 11 heteroatoms. The largest absolute Gasteiger partial charge is 0.478 e. The maximum atomic E-state index is 13.8. The summed E-state index contributed by atoms with van der Waals surface area (Å²) in [4.78, 5) is 56.7. The maximum absolute atomic E-state index is 13.8. The van der Waals surface area contributed by atoms with Crippen molar-refractivity contribution >= 4 is 40.8 Å². The number of hydrogen-bond donors (Lipinski definition) is 3. The molecule has 0 bridgehead atoms. The van der Waals surface area contributed by atoms with Gasteiger partial charge in [-0.15, -0.1) is 0 Å². The van der Waals surface area contributed by atoms with Crippen LogP contribution in [0.5, 0.6) is 0 Å². The summed E-state index contributed by atoms with van der Waals surface area (Å²) in [6.45, 7) is 2.01. The first kappa shape index (κ1) is 29.7. The number of carboxylic acids is 1. The monoisotopic (exact) mass is 621 g/mol. The van der Waals surface area contributed by atoms with Gasteiger partial charge in [-0.3, -0.25) is 14.4 Å². The Hall–Kier alpha value is -5.35. The van der Waals surface area contributed by atoms with Crippen LogP contribution < -0.4 is 10.6 Å². The van der Waals surface area contributed by atoms with E-state index in [-0.39, 0.29) is 53.0 Å². The van der Waals surface area contributed by atoms with Crippen molar-refractivity contribution in [3.05, 3.63) is 134 Å². The van der Waals surface area contributed by atoms with E-state index in [1.807, 2.05) is 30.3 Å². The Bertz CT molecular complexity index is 1990. The second kappa shape index (κ2) is 12.3. The molecule has 5 aromatic rings. The molecule has 0 aliphatic heterocycles. The molecule has 6 rings (SSSR count). The summed E-state index contributed by atoms with van der Waals surface area (Å²) >= 11 is 6.29. The zero-order valence-electron chi connectivity index (χ0n) is 24.2. The number of nitrogens with one attached hydrogen (secondary N) is 2. The van der Waals surface area contributed by atoms with E-state index in [4.69, 9.17) is 11.6 Å². The van der Waals surface area contributed by atoms with E-state index in [0.29, 0.717) is 29.0 Å². The molecule has 2 heterocycles. The topological polar surface area (TPSA) is 143 Å². The van der Waals surface area contributed by atoms with Gasteiger partial charge in [0, 0.05) is 24.1 Å². The van der Waals surface area contributed by atoms with E-state index in [9.17, 15) is 24.3 Å². The van der Waals surface area contributed by atoms with Crippen molar-refractivity contribution in [2.75, 3.05) is 0 Å². The van der Waals surface area contributed by atoms with Gasteiger partial charge in [0.05, 0.1) is 23.4 Å². The molecule has 2 aromatic heterocycles. The van der Waals surface area contributed by atoms with Crippen LogP contribution in [0.25, 0.3) is 5.65 Å². The minimum Gasteiger partial charge on any atom is -0.478 e. The second-order valence-corrected chi connectivity index (χ2v) is 11.3. The summed E-state index contributed by atoms with van der Waals surface area (Å²) < 4.78 is 1.26. The Kier molecular flexibility index (Phi) is 8.14. The maximum Gasteiger partial charge on any atom is 0.335 e. The number of carbonyl (C=O) groups excluding carboxylic acids is 3. The predicted octanol–water partition coefficient (Wildman–Crippen LogP) is 5.16. The van der Waals surface area contributed by atoms with Crippen LogP contribution in [0.15, 0.2) is 79.0 Å². The normalized spacial score (nSPS) is 13.8. The lowest BCUT2D eigenvalue weighted by molar-refractivity contribution is 0.0695. The first-order chi connectivity index (χ1) is 21.7. The number of ketones is 1. The number of aromatic carboxylic acids is 1. The molecular formula is C34H28ClN5O5. The van der Waals surface area contributed by atoms with Crippen LogP contribution in [0, 0.1) is 6.92 Å². The van der Waals surface area contributed by atoms with Crippen LogP contribution in [-0.2, 0) is 19.4 Å². The van der Waals surface area contributed by atoms with Gasteiger partial charge in [-0.05, 0) is 59.7 Å². The van der Waals surface area contributed by atoms with Crippen molar-refractivity contribution < 1.29 is 24.3 Å². The summed E-state index contributed by atoms with van der Waals surface area (Å²) in [7, 11) is 0. The summed E-state index contributed by atoms with van der Waals surface area (Å²) in [5, 5.41) is 20.1. The molecule has 10 nitrogen and oxygen atoms in total. The third kappa shape index (κ3) is 5.92. The van der Waals surface area contributed by atoms with Gasteiger partial charge in [0.25, 0.3) is 11.8 Å². The number of benzene rings is 3. The molecule has 0 unspecified atom stereocenters. The highest BCUT2D eigenvalue weighted by Gasteiger charge is 2.29. The molecule has 3 N–H and O–H groups in total. The number of amides is 2. The molecule has 0 radical (unpaired) electrons. The lowest BCUT2D eigenvalue weighted by Gasteiger charge is -2.16. The molecule has 0 spiro atoms. The number of Topliss-reactive ketones (excluding diaryl/α,β-unsaturated/α-hetero) is 1. The molecule has 0 saturated heterocycles. The van der Waals surface area contributed by atoms with Crippen molar-refractivity contribution in [3.8, 4) is 0 Å². The van der Waals surface area contributed by atoms with Gasteiger partial charge < -0.3 is 15.7 Å².